The molecule has 0 bridgehead atoms. The summed E-state index contributed by atoms with van der Waals surface area (Å²) in [6.45, 7) is 15.0. The molecule has 4 rings (SSSR count). The molecule has 3 heterocycles. The number of amides is 2. The predicted octanol–water partition coefficient (Wildman–Crippen LogP) is 4.53. The van der Waals surface area contributed by atoms with Gasteiger partial charge in [-0.25, -0.2) is 8.42 Å². The molecule has 1 saturated heterocycles. The highest BCUT2D eigenvalue weighted by atomic mass is 32.2. The van der Waals surface area contributed by atoms with Gasteiger partial charge in [0.1, 0.15) is 5.00 Å². The Balaban J connectivity index is 1.58. The number of hydrogen-bond acceptors (Lipinski definition) is 6. The first-order valence-electron chi connectivity index (χ1n) is 13.7. The Kier molecular flexibility index (Phi) is 8.96. The number of carbonyl (C=O) groups excluding carboxylic acids is 2. The Morgan fingerprint density at radius 2 is 1.68 bits per heavy atom. The third kappa shape index (κ3) is 5.83. The van der Waals surface area contributed by atoms with E-state index >= 15 is 0 Å². The van der Waals surface area contributed by atoms with Crippen molar-refractivity contribution in [1.82, 2.24) is 14.1 Å². The highest BCUT2D eigenvalue weighted by Crippen LogP contribution is 2.38. The Hall–Kier alpha value is -2.27. The van der Waals surface area contributed by atoms with Gasteiger partial charge in [0.25, 0.3) is 11.8 Å². The van der Waals surface area contributed by atoms with Gasteiger partial charge < -0.3 is 10.2 Å². The van der Waals surface area contributed by atoms with Crippen molar-refractivity contribution in [2.24, 2.45) is 11.8 Å². The van der Waals surface area contributed by atoms with Crippen LogP contribution in [0.15, 0.2) is 29.2 Å². The third-order valence-corrected chi connectivity index (χ3v) is 10.6. The van der Waals surface area contributed by atoms with E-state index in [1.54, 1.807) is 21.3 Å². The standard InChI is InChI=1S/C28H40N4O4S2/c1-6-30-14-13-23-24(18-30)37-27(25(23)28(34)31(7-2)8-3)29-26(33)21-9-11-22(12-10-21)38(35,36)32-16-19(4)15-20(5)17-32/h9-12,19-20H,6-8,13-18H2,1-5H3,(H,29,33). The van der Waals surface area contributed by atoms with Crippen molar-refractivity contribution in [2.75, 3.05) is 44.6 Å². The van der Waals surface area contributed by atoms with Crippen LogP contribution in [0.25, 0.3) is 0 Å². The Labute approximate surface area is 231 Å². The number of carbonyl (C=O) groups is 2. The summed E-state index contributed by atoms with van der Waals surface area (Å²) in [5.41, 5.74) is 2.00. The van der Waals surface area contributed by atoms with Crippen molar-refractivity contribution >= 4 is 38.2 Å². The third-order valence-electron chi connectivity index (χ3n) is 7.66. The number of anilines is 1. The minimum atomic E-state index is -3.62. The van der Waals surface area contributed by atoms with E-state index in [2.05, 4.69) is 31.0 Å². The fourth-order valence-electron chi connectivity index (χ4n) is 5.61. The van der Waals surface area contributed by atoms with Crippen LogP contribution in [0.5, 0.6) is 0 Å². The van der Waals surface area contributed by atoms with Gasteiger partial charge in [-0.15, -0.1) is 11.3 Å². The molecule has 1 N–H and O–H groups in total. The summed E-state index contributed by atoms with van der Waals surface area (Å²) < 4.78 is 28.0. The van der Waals surface area contributed by atoms with E-state index in [-0.39, 0.29) is 16.7 Å². The highest BCUT2D eigenvalue weighted by molar-refractivity contribution is 7.89. The van der Waals surface area contributed by atoms with Crippen molar-refractivity contribution in [3.63, 3.8) is 0 Å². The van der Waals surface area contributed by atoms with Gasteiger partial charge in [0.2, 0.25) is 10.0 Å². The van der Waals surface area contributed by atoms with Crippen molar-refractivity contribution in [1.29, 1.82) is 0 Å². The van der Waals surface area contributed by atoms with Crippen molar-refractivity contribution < 1.29 is 18.0 Å². The highest BCUT2D eigenvalue weighted by Gasteiger charge is 2.33. The number of sulfonamides is 1. The van der Waals surface area contributed by atoms with Crippen LogP contribution < -0.4 is 5.32 Å². The zero-order chi connectivity index (χ0) is 27.6. The van der Waals surface area contributed by atoms with Gasteiger partial charge in [0.05, 0.1) is 10.5 Å². The van der Waals surface area contributed by atoms with Crippen LogP contribution in [0, 0.1) is 11.8 Å². The van der Waals surface area contributed by atoms with Gasteiger partial charge in [-0.1, -0.05) is 20.8 Å². The summed E-state index contributed by atoms with van der Waals surface area (Å²) in [5, 5.41) is 3.56. The summed E-state index contributed by atoms with van der Waals surface area (Å²) in [6, 6.07) is 6.12. The molecule has 2 atom stereocenters. The maximum Gasteiger partial charge on any atom is 0.257 e. The normalized spacial score (nSPS) is 20.7. The van der Waals surface area contributed by atoms with Crippen LogP contribution >= 0.6 is 11.3 Å². The van der Waals surface area contributed by atoms with Crippen LogP contribution in [0.3, 0.4) is 0 Å². The average molecular weight is 561 g/mol. The maximum atomic E-state index is 13.5. The lowest BCUT2D eigenvalue weighted by Crippen LogP contribution is -2.42. The van der Waals surface area contributed by atoms with E-state index in [0.717, 1.165) is 42.9 Å². The zero-order valence-electron chi connectivity index (χ0n) is 23.1. The summed E-state index contributed by atoms with van der Waals surface area (Å²) in [6.07, 6.45) is 1.80. The Morgan fingerprint density at radius 3 is 2.26 bits per heavy atom. The molecule has 1 aromatic carbocycles. The van der Waals surface area contributed by atoms with Crippen LogP contribution in [-0.2, 0) is 23.0 Å². The van der Waals surface area contributed by atoms with Crippen molar-refractivity contribution in [3.05, 3.63) is 45.8 Å². The molecular weight excluding hydrogens is 520 g/mol. The number of rotatable bonds is 8. The molecule has 0 spiro atoms. The largest absolute Gasteiger partial charge is 0.339 e. The molecule has 2 aromatic rings. The van der Waals surface area contributed by atoms with Crippen LogP contribution in [0.4, 0.5) is 5.00 Å². The maximum absolute atomic E-state index is 13.5. The fraction of sp³-hybridized carbons (Fsp3) is 0.571. The molecular formula is C28H40N4O4S2. The van der Waals surface area contributed by atoms with Crippen LogP contribution in [-0.4, -0.2) is 73.6 Å². The molecule has 10 heteroatoms. The van der Waals surface area contributed by atoms with E-state index in [4.69, 9.17) is 0 Å². The summed E-state index contributed by atoms with van der Waals surface area (Å²) in [5.74, 6) is 0.216. The quantitative estimate of drug-likeness (QED) is 0.513. The lowest BCUT2D eigenvalue weighted by Gasteiger charge is -2.34. The van der Waals surface area contributed by atoms with Gasteiger partial charge >= 0.3 is 0 Å². The van der Waals surface area contributed by atoms with Crippen molar-refractivity contribution in [3.8, 4) is 0 Å². The number of hydrogen-bond donors (Lipinski definition) is 1. The van der Waals surface area contributed by atoms with Gasteiger partial charge in [-0.05, 0) is 74.9 Å². The first kappa shape index (κ1) is 28.7. The Morgan fingerprint density at radius 1 is 1.05 bits per heavy atom. The molecule has 208 valence electrons. The number of nitrogens with zero attached hydrogens (tertiary/aromatic N) is 3. The van der Waals surface area contributed by atoms with E-state index < -0.39 is 10.0 Å². The summed E-state index contributed by atoms with van der Waals surface area (Å²) >= 11 is 1.47. The fourth-order valence-corrected chi connectivity index (χ4v) is 8.57. The van der Waals surface area contributed by atoms with Crippen LogP contribution in [0.2, 0.25) is 0 Å². The minimum Gasteiger partial charge on any atom is -0.339 e. The van der Waals surface area contributed by atoms with Gasteiger partial charge in [0, 0.05) is 49.7 Å². The molecule has 2 amide bonds. The number of piperidine rings is 1. The molecule has 1 aromatic heterocycles. The second-order valence-corrected chi connectivity index (χ2v) is 13.6. The summed E-state index contributed by atoms with van der Waals surface area (Å²) in [7, 11) is -3.62. The molecule has 0 radical (unpaired) electrons. The lowest BCUT2D eigenvalue weighted by molar-refractivity contribution is 0.0772. The van der Waals surface area contributed by atoms with E-state index in [0.29, 0.717) is 54.1 Å². The average Bonchev–Trinajstić information content (AvgIpc) is 3.25. The predicted molar refractivity (Wildman–Crippen MR) is 152 cm³/mol. The minimum absolute atomic E-state index is 0.0563. The number of benzene rings is 1. The molecule has 2 unspecified atom stereocenters. The molecule has 2 aliphatic heterocycles. The summed E-state index contributed by atoms with van der Waals surface area (Å²) in [4.78, 5) is 32.2. The number of likely N-dealkylation sites (N-methyl/N-ethyl adjacent to an activating group) is 1. The smallest absolute Gasteiger partial charge is 0.257 e. The SMILES string of the molecule is CCN1CCc2c(sc(NC(=O)c3ccc(S(=O)(=O)N4CC(C)CC(C)C4)cc3)c2C(=O)N(CC)CC)C1. The second kappa shape index (κ2) is 11.9. The van der Waals surface area contributed by atoms with Crippen molar-refractivity contribution in [2.45, 2.75) is 58.9 Å². The monoisotopic (exact) mass is 560 g/mol. The molecule has 38 heavy (non-hydrogen) atoms. The molecule has 8 nitrogen and oxygen atoms in total. The first-order valence-corrected chi connectivity index (χ1v) is 15.9. The van der Waals surface area contributed by atoms with E-state index in [1.165, 1.54) is 23.5 Å². The number of fused-ring (bicyclic) bond motifs is 1. The topological polar surface area (TPSA) is 90.0 Å². The second-order valence-electron chi connectivity index (χ2n) is 10.6. The van der Waals surface area contributed by atoms with Crippen LogP contribution in [0.1, 0.15) is 72.2 Å². The molecule has 1 fully saturated rings. The number of thiophene rings is 1. The van der Waals surface area contributed by atoms with E-state index in [1.807, 2.05) is 13.8 Å². The zero-order valence-corrected chi connectivity index (χ0v) is 24.8. The Bertz CT molecular complexity index is 1260. The van der Waals surface area contributed by atoms with Gasteiger partial charge in [-0.2, -0.15) is 4.31 Å². The van der Waals surface area contributed by atoms with E-state index in [9.17, 15) is 18.0 Å². The molecule has 0 aliphatic carbocycles. The number of nitrogens with one attached hydrogen (secondary N) is 1. The van der Waals surface area contributed by atoms with Gasteiger partial charge in [0.15, 0.2) is 0 Å². The lowest BCUT2D eigenvalue weighted by atomic mass is 9.94. The van der Waals surface area contributed by atoms with Gasteiger partial charge in [-0.3, -0.25) is 14.5 Å². The molecule has 2 aliphatic rings. The first-order chi connectivity index (χ1) is 18.1. The molecule has 0 saturated carbocycles.